The number of aromatic nitrogens is 1. The van der Waals surface area contributed by atoms with Crippen LogP contribution in [0.3, 0.4) is 0 Å². The summed E-state index contributed by atoms with van der Waals surface area (Å²) in [4.78, 5) is 44.7. The number of ether oxygens (including phenoxy) is 1. The first-order valence-electron chi connectivity index (χ1n) is 11.7. The minimum absolute atomic E-state index is 0.0246. The lowest BCUT2D eigenvalue weighted by Crippen LogP contribution is -2.45. The van der Waals surface area contributed by atoms with Crippen LogP contribution in [0.1, 0.15) is 54.7 Å². The minimum atomic E-state index is -0.178. The fraction of sp³-hybridized carbons (Fsp3) is 0.560. The number of nitrogens with zero attached hydrogens (tertiary/aromatic N) is 2. The number of carbonyl (C=O) groups excluding carboxylic acids is 3. The number of carbonyl (C=O) groups is 3. The first-order chi connectivity index (χ1) is 15.4. The zero-order chi connectivity index (χ0) is 22.8. The molecule has 1 saturated heterocycles. The maximum absolute atomic E-state index is 13.2. The zero-order valence-electron chi connectivity index (χ0n) is 19.3. The maximum Gasteiger partial charge on any atom is 0.309 e. The smallest absolute Gasteiger partial charge is 0.309 e. The van der Waals surface area contributed by atoms with E-state index in [0.29, 0.717) is 44.0 Å². The molecule has 1 N–H and O–H groups in total. The highest BCUT2D eigenvalue weighted by atomic mass is 16.5. The predicted octanol–water partition coefficient (Wildman–Crippen LogP) is 3.17. The molecule has 1 atom stereocenters. The molecule has 1 aromatic heterocycles. The van der Waals surface area contributed by atoms with Gasteiger partial charge in [0.25, 0.3) is 5.91 Å². The van der Waals surface area contributed by atoms with E-state index in [0.717, 1.165) is 30.2 Å². The third-order valence-corrected chi connectivity index (χ3v) is 6.89. The molecule has 0 spiro atoms. The number of fused-ring (bicyclic) bond motifs is 3. The van der Waals surface area contributed by atoms with Crippen LogP contribution in [0, 0.1) is 11.8 Å². The fourth-order valence-corrected chi connectivity index (χ4v) is 5.00. The Morgan fingerprint density at radius 1 is 1.19 bits per heavy atom. The summed E-state index contributed by atoms with van der Waals surface area (Å²) in [5.74, 6) is 0.0849. The Kier molecular flexibility index (Phi) is 6.53. The quantitative estimate of drug-likeness (QED) is 0.726. The number of nitrogens with one attached hydrogen (secondary N) is 1. The number of benzene rings is 1. The molecule has 1 aliphatic carbocycles. The standard InChI is InChI=1S/C25H33N3O4/c1-4-32-25(31)17-10-12-28(13-11-17)22(29)15-27(3)24(30)19-7-5-6-18-20-14-16(2)8-9-21(20)26-23(18)19/h5-7,16-17,26H,4,8-15H2,1-3H3. The lowest BCUT2D eigenvalue weighted by molar-refractivity contribution is -0.151. The molecule has 1 aromatic carbocycles. The zero-order valence-corrected chi connectivity index (χ0v) is 19.3. The SMILES string of the molecule is CCOC(=O)C1CCN(C(=O)CN(C)C(=O)c2cccc3c4c([nH]c23)CCC(C)C4)CC1. The number of piperidine rings is 1. The van der Waals surface area contributed by atoms with Gasteiger partial charge < -0.3 is 19.5 Å². The van der Waals surface area contributed by atoms with E-state index >= 15 is 0 Å². The van der Waals surface area contributed by atoms with Gasteiger partial charge in [-0.1, -0.05) is 19.1 Å². The Morgan fingerprint density at radius 2 is 1.94 bits per heavy atom. The Morgan fingerprint density at radius 3 is 2.66 bits per heavy atom. The van der Waals surface area contributed by atoms with Gasteiger partial charge in [-0.3, -0.25) is 14.4 Å². The number of likely N-dealkylation sites (tertiary alicyclic amines) is 1. The van der Waals surface area contributed by atoms with Gasteiger partial charge in [-0.25, -0.2) is 0 Å². The van der Waals surface area contributed by atoms with E-state index in [9.17, 15) is 14.4 Å². The Hall–Kier alpha value is -2.83. The van der Waals surface area contributed by atoms with Crippen LogP contribution >= 0.6 is 0 Å². The van der Waals surface area contributed by atoms with E-state index in [-0.39, 0.29) is 30.2 Å². The molecule has 32 heavy (non-hydrogen) atoms. The largest absolute Gasteiger partial charge is 0.466 e. The third kappa shape index (κ3) is 4.38. The van der Waals surface area contributed by atoms with Crippen LogP contribution in [0.15, 0.2) is 18.2 Å². The summed E-state index contributed by atoms with van der Waals surface area (Å²) in [5.41, 5.74) is 4.06. The van der Waals surface area contributed by atoms with Gasteiger partial charge in [0.05, 0.1) is 30.1 Å². The van der Waals surface area contributed by atoms with Crippen LogP contribution in [0.2, 0.25) is 0 Å². The monoisotopic (exact) mass is 439 g/mol. The lowest BCUT2D eigenvalue weighted by atomic mass is 9.87. The van der Waals surface area contributed by atoms with Crippen LogP contribution < -0.4 is 0 Å². The van der Waals surface area contributed by atoms with Gasteiger partial charge in [-0.15, -0.1) is 0 Å². The number of esters is 1. The molecule has 7 nitrogen and oxygen atoms in total. The molecule has 2 amide bonds. The van der Waals surface area contributed by atoms with Gasteiger partial charge >= 0.3 is 5.97 Å². The van der Waals surface area contributed by atoms with E-state index < -0.39 is 0 Å². The normalized spacial score (nSPS) is 19.0. The highest BCUT2D eigenvalue weighted by Gasteiger charge is 2.29. The summed E-state index contributed by atoms with van der Waals surface area (Å²) in [6.45, 7) is 5.50. The minimum Gasteiger partial charge on any atom is -0.466 e. The summed E-state index contributed by atoms with van der Waals surface area (Å²) in [5, 5.41) is 1.12. The molecule has 0 saturated carbocycles. The van der Waals surface area contributed by atoms with Crippen molar-refractivity contribution in [2.45, 2.75) is 46.0 Å². The number of H-pyrrole nitrogens is 1. The number of aryl methyl sites for hydroxylation is 1. The molecular weight excluding hydrogens is 406 g/mol. The van der Waals surface area contributed by atoms with Gasteiger partial charge in [0.1, 0.15) is 0 Å². The number of likely N-dealkylation sites (N-methyl/N-ethyl adjacent to an activating group) is 1. The molecule has 1 aliphatic heterocycles. The molecule has 2 aliphatic rings. The third-order valence-electron chi connectivity index (χ3n) is 6.89. The van der Waals surface area contributed by atoms with E-state index in [4.69, 9.17) is 4.74 Å². The molecule has 7 heteroatoms. The van der Waals surface area contributed by atoms with Crippen molar-refractivity contribution in [2.24, 2.45) is 11.8 Å². The molecular formula is C25H33N3O4. The second kappa shape index (κ2) is 9.35. The summed E-state index contributed by atoms with van der Waals surface area (Å²) in [7, 11) is 1.68. The van der Waals surface area contributed by atoms with Crippen molar-refractivity contribution < 1.29 is 19.1 Å². The number of para-hydroxylation sites is 1. The summed E-state index contributed by atoms with van der Waals surface area (Å²) >= 11 is 0. The van der Waals surface area contributed by atoms with Crippen molar-refractivity contribution in [3.05, 3.63) is 35.0 Å². The topological polar surface area (TPSA) is 82.7 Å². The van der Waals surface area contributed by atoms with Gasteiger partial charge in [0, 0.05) is 31.2 Å². The van der Waals surface area contributed by atoms with Crippen molar-refractivity contribution in [1.29, 1.82) is 0 Å². The van der Waals surface area contributed by atoms with Crippen molar-refractivity contribution in [1.82, 2.24) is 14.8 Å². The molecule has 1 unspecified atom stereocenters. The number of hydrogen-bond donors (Lipinski definition) is 1. The molecule has 2 aromatic rings. The number of amides is 2. The molecule has 2 heterocycles. The van der Waals surface area contributed by atoms with E-state index in [1.807, 2.05) is 12.1 Å². The Bertz CT molecular complexity index is 1020. The number of aromatic amines is 1. The van der Waals surface area contributed by atoms with E-state index in [1.165, 1.54) is 16.2 Å². The highest BCUT2D eigenvalue weighted by Crippen LogP contribution is 2.33. The second-order valence-electron chi connectivity index (χ2n) is 9.23. The number of rotatable bonds is 5. The van der Waals surface area contributed by atoms with Crippen molar-refractivity contribution in [3.8, 4) is 0 Å². The van der Waals surface area contributed by atoms with Crippen LogP contribution in [0.4, 0.5) is 0 Å². The van der Waals surface area contributed by atoms with Gasteiger partial charge in [0.15, 0.2) is 0 Å². The summed E-state index contributed by atoms with van der Waals surface area (Å²) < 4.78 is 5.09. The van der Waals surface area contributed by atoms with E-state index in [2.05, 4.69) is 18.0 Å². The average Bonchev–Trinajstić information content (AvgIpc) is 3.16. The van der Waals surface area contributed by atoms with Crippen molar-refractivity contribution >= 4 is 28.7 Å². The average molecular weight is 440 g/mol. The number of hydrogen-bond acceptors (Lipinski definition) is 4. The van der Waals surface area contributed by atoms with Gasteiger partial charge in [-0.05, 0) is 56.6 Å². The molecule has 1 fully saturated rings. The fourth-order valence-electron chi connectivity index (χ4n) is 5.00. The lowest BCUT2D eigenvalue weighted by Gasteiger charge is -2.32. The van der Waals surface area contributed by atoms with Crippen molar-refractivity contribution in [3.63, 3.8) is 0 Å². The van der Waals surface area contributed by atoms with Gasteiger partial charge in [-0.2, -0.15) is 0 Å². The molecule has 0 radical (unpaired) electrons. The Balaban J connectivity index is 1.42. The van der Waals surface area contributed by atoms with Crippen LogP contribution in [-0.2, 0) is 27.2 Å². The molecule has 4 rings (SSSR count). The Labute approximate surface area is 189 Å². The highest BCUT2D eigenvalue weighted by molar-refractivity contribution is 6.07. The predicted molar refractivity (Wildman–Crippen MR) is 122 cm³/mol. The van der Waals surface area contributed by atoms with Crippen LogP contribution in [-0.4, -0.2) is 65.9 Å². The first kappa shape index (κ1) is 22.4. The van der Waals surface area contributed by atoms with Gasteiger partial charge in [0.2, 0.25) is 5.91 Å². The van der Waals surface area contributed by atoms with Crippen LogP contribution in [0.25, 0.3) is 10.9 Å². The van der Waals surface area contributed by atoms with Crippen LogP contribution in [0.5, 0.6) is 0 Å². The summed E-state index contributed by atoms with van der Waals surface area (Å²) in [6.07, 6.45) is 4.41. The molecule has 0 bridgehead atoms. The first-order valence-corrected chi connectivity index (χ1v) is 11.7. The second-order valence-corrected chi connectivity index (χ2v) is 9.23. The van der Waals surface area contributed by atoms with E-state index in [1.54, 1.807) is 18.9 Å². The molecule has 172 valence electrons. The van der Waals surface area contributed by atoms with Crippen molar-refractivity contribution in [2.75, 3.05) is 33.3 Å². The maximum atomic E-state index is 13.2. The summed E-state index contributed by atoms with van der Waals surface area (Å²) in [6, 6.07) is 5.85.